The highest BCUT2D eigenvalue weighted by molar-refractivity contribution is 6.30. The van der Waals surface area contributed by atoms with E-state index in [2.05, 4.69) is 20.8 Å². The van der Waals surface area contributed by atoms with E-state index in [1.165, 1.54) is 0 Å². The molecule has 138 valence electrons. The molecular formula is C19H17ClN4O3. The Bertz CT molecular complexity index is 971. The summed E-state index contributed by atoms with van der Waals surface area (Å²) in [5.74, 6) is -0.588. The van der Waals surface area contributed by atoms with Crippen LogP contribution in [0.3, 0.4) is 0 Å². The van der Waals surface area contributed by atoms with Crippen molar-refractivity contribution < 1.29 is 14.1 Å². The van der Waals surface area contributed by atoms with E-state index in [9.17, 15) is 9.59 Å². The molecule has 2 aromatic carbocycles. The van der Waals surface area contributed by atoms with Crippen LogP contribution in [-0.4, -0.2) is 35.0 Å². The van der Waals surface area contributed by atoms with Crippen LogP contribution in [0, 0.1) is 6.92 Å². The van der Waals surface area contributed by atoms with Crippen molar-refractivity contribution in [3.05, 3.63) is 70.6 Å². The molecule has 0 aliphatic heterocycles. The number of hydrogen-bond acceptors (Lipinski definition) is 5. The highest BCUT2D eigenvalue weighted by Crippen LogP contribution is 2.19. The van der Waals surface area contributed by atoms with E-state index in [0.29, 0.717) is 16.1 Å². The van der Waals surface area contributed by atoms with Gasteiger partial charge in [-0.1, -0.05) is 47.1 Å². The van der Waals surface area contributed by atoms with Crippen LogP contribution in [0.15, 0.2) is 53.1 Å². The third kappa shape index (κ3) is 4.71. The average molecular weight is 385 g/mol. The predicted molar refractivity (Wildman–Crippen MR) is 101 cm³/mol. The van der Waals surface area contributed by atoms with Gasteiger partial charge in [0, 0.05) is 29.2 Å². The number of amides is 2. The summed E-state index contributed by atoms with van der Waals surface area (Å²) in [4.78, 5) is 28.2. The number of nitrogens with one attached hydrogen (secondary N) is 2. The minimum Gasteiger partial charge on any atom is -0.350 e. The van der Waals surface area contributed by atoms with Gasteiger partial charge in [0.05, 0.1) is 0 Å². The fourth-order valence-corrected chi connectivity index (χ4v) is 2.60. The molecule has 2 amide bonds. The largest absolute Gasteiger partial charge is 0.350 e. The van der Waals surface area contributed by atoms with Gasteiger partial charge in [0.15, 0.2) is 0 Å². The van der Waals surface area contributed by atoms with Crippen molar-refractivity contribution in [2.75, 3.05) is 13.1 Å². The quantitative estimate of drug-likeness (QED) is 0.637. The standard InChI is InChI=1S/C19H17ClN4O3/c1-12-5-2-3-8-15(12)17(25)21-9-10-22-18(26)19-23-16(24-27-19)13-6-4-7-14(20)11-13/h2-8,11H,9-10H2,1H3,(H,21,25)(H,22,26). The second kappa shape index (κ2) is 8.46. The van der Waals surface area contributed by atoms with Gasteiger partial charge in [-0.05, 0) is 30.7 Å². The highest BCUT2D eigenvalue weighted by atomic mass is 35.5. The van der Waals surface area contributed by atoms with Crippen LogP contribution in [0.4, 0.5) is 0 Å². The topological polar surface area (TPSA) is 97.1 Å². The smallest absolute Gasteiger partial charge is 0.316 e. The molecule has 7 nitrogen and oxygen atoms in total. The van der Waals surface area contributed by atoms with Crippen molar-refractivity contribution in [2.45, 2.75) is 6.92 Å². The van der Waals surface area contributed by atoms with E-state index in [1.54, 1.807) is 36.4 Å². The maximum atomic E-state index is 12.1. The molecule has 0 saturated carbocycles. The summed E-state index contributed by atoms with van der Waals surface area (Å²) in [7, 11) is 0. The summed E-state index contributed by atoms with van der Waals surface area (Å²) < 4.78 is 4.98. The van der Waals surface area contributed by atoms with Crippen LogP contribution in [0.1, 0.15) is 26.6 Å². The zero-order valence-electron chi connectivity index (χ0n) is 14.5. The van der Waals surface area contributed by atoms with Gasteiger partial charge in [-0.25, -0.2) is 0 Å². The molecule has 0 spiro atoms. The lowest BCUT2D eigenvalue weighted by atomic mass is 10.1. The van der Waals surface area contributed by atoms with Crippen LogP contribution in [0.25, 0.3) is 11.4 Å². The van der Waals surface area contributed by atoms with E-state index >= 15 is 0 Å². The van der Waals surface area contributed by atoms with Gasteiger partial charge in [0.1, 0.15) is 0 Å². The van der Waals surface area contributed by atoms with Gasteiger partial charge in [-0.3, -0.25) is 9.59 Å². The Morgan fingerprint density at radius 1 is 1.04 bits per heavy atom. The summed E-state index contributed by atoms with van der Waals surface area (Å²) >= 11 is 5.93. The van der Waals surface area contributed by atoms with Crippen LogP contribution in [0.5, 0.6) is 0 Å². The van der Waals surface area contributed by atoms with Crippen molar-refractivity contribution in [1.82, 2.24) is 20.8 Å². The molecule has 0 atom stereocenters. The Morgan fingerprint density at radius 3 is 2.52 bits per heavy atom. The van der Waals surface area contributed by atoms with Crippen LogP contribution < -0.4 is 10.6 Å². The lowest BCUT2D eigenvalue weighted by Gasteiger charge is -2.07. The normalized spacial score (nSPS) is 10.4. The van der Waals surface area contributed by atoms with E-state index < -0.39 is 5.91 Å². The Labute approximate surface area is 160 Å². The number of rotatable bonds is 6. The lowest BCUT2D eigenvalue weighted by Crippen LogP contribution is -2.35. The van der Waals surface area contributed by atoms with Crippen LogP contribution in [-0.2, 0) is 0 Å². The third-order valence-corrected chi connectivity index (χ3v) is 4.02. The Kier molecular flexibility index (Phi) is 5.83. The summed E-state index contributed by atoms with van der Waals surface area (Å²) in [6, 6.07) is 14.2. The number of aryl methyl sites for hydroxylation is 1. The number of halogens is 1. The molecule has 27 heavy (non-hydrogen) atoms. The van der Waals surface area contributed by atoms with Gasteiger partial charge in [-0.2, -0.15) is 4.98 Å². The number of hydrogen-bond donors (Lipinski definition) is 2. The number of carbonyl (C=O) groups is 2. The fourth-order valence-electron chi connectivity index (χ4n) is 2.41. The summed E-state index contributed by atoms with van der Waals surface area (Å²) in [5, 5.41) is 9.68. The summed E-state index contributed by atoms with van der Waals surface area (Å²) in [6.45, 7) is 2.36. The molecular weight excluding hydrogens is 368 g/mol. The first-order valence-electron chi connectivity index (χ1n) is 8.26. The lowest BCUT2D eigenvalue weighted by molar-refractivity contribution is 0.0898. The molecule has 1 heterocycles. The third-order valence-electron chi connectivity index (χ3n) is 3.79. The Hall–Kier alpha value is -3.19. The van der Waals surface area contributed by atoms with Crippen molar-refractivity contribution in [2.24, 2.45) is 0 Å². The van der Waals surface area contributed by atoms with E-state index in [1.807, 2.05) is 19.1 Å². The Balaban J connectivity index is 1.50. The highest BCUT2D eigenvalue weighted by Gasteiger charge is 2.16. The molecule has 0 aliphatic carbocycles. The van der Waals surface area contributed by atoms with Crippen molar-refractivity contribution in [3.8, 4) is 11.4 Å². The average Bonchev–Trinajstić information content (AvgIpc) is 3.15. The molecule has 1 aromatic heterocycles. The molecule has 3 aromatic rings. The second-order valence-corrected chi connectivity index (χ2v) is 6.20. The molecule has 0 unspecified atom stereocenters. The first-order chi connectivity index (χ1) is 13.0. The summed E-state index contributed by atoms with van der Waals surface area (Å²) in [6.07, 6.45) is 0. The van der Waals surface area contributed by atoms with Crippen molar-refractivity contribution >= 4 is 23.4 Å². The monoisotopic (exact) mass is 384 g/mol. The molecule has 0 fully saturated rings. The van der Waals surface area contributed by atoms with E-state index in [4.69, 9.17) is 16.1 Å². The molecule has 3 rings (SSSR count). The SMILES string of the molecule is Cc1ccccc1C(=O)NCCNC(=O)c1nc(-c2cccc(Cl)c2)no1. The minimum absolute atomic E-state index is 0.157. The van der Waals surface area contributed by atoms with Gasteiger partial charge >= 0.3 is 11.8 Å². The first kappa shape index (κ1) is 18.6. The molecule has 2 N–H and O–H groups in total. The number of nitrogens with zero attached hydrogens (tertiary/aromatic N) is 2. The maximum absolute atomic E-state index is 12.1. The zero-order chi connectivity index (χ0) is 19.2. The van der Waals surface area contributed by atoms with E-state index in [-0.39, 0.29) is 30.7 Å². The molecule has 0 aliphatic rings. The van der Waals surface area contributed by atoms with Gasteiger partial charge < -0.3 is 15.2 Å². The summed E-state index contributed by atoms with van der Waals surface area (Å²) in [5.41, 5.74) is 2.14. The van der Waals surface area contributed by atoms with Gasteiger partial charge in [0.2, 0.25) is 5.82 Å². The number of aromatic nitrogens is 2. The predicted octanol–water partition coefficient (Wildman–Crippen LogP) is 2.86. The molecule has 0 radical (unpaired) electrons. The molecule has 0 saturated heterocycles. The maximum Gasteiger partial charge on any atom is 0.316 e. The first-order valence-corrected chi connectivity index (χ1v) is 8.64. The van der Waals surface area contributed by atoms with Crippen LogP contribution >= 0.6 is 11.6 Å². The van der Waals surface area contributed by atoms with Gasteiger partial charge in [0.25, 0.3) is 5.91 Å². The van der Waals surface area contributed by atoms with Crippen molar-refractivity contribution in [3.63, 3.8) is 0 Å². The van der Waals surface area contributed by atoms with Gasteiger partial charge in [-0.15, -0.1) is 0 Å². The number of carbonyl (C=O) groups excluding carboxylic acids is 2. The Morgan fingerprint density at radius 2 is 1.78 bits per heavy atom. The van der Waals surface area contributed by atoms with E-state index in [0.717, 1.165) is 5.56 Å². The van der Waals surface area contributed by atoms with Crippen molar-refractivity contribution in [1.29, 1.82) is 0 Å². The van der Waals surface area contributed by atoms with Crippen LogP contribution in [0.2, 0.25) is 5.02 Å². The second-order valence-electron chi connectivity index (χ2n) is 5.76. The molecule has 0 bridgehead atoms. The fraction of sp³-hybridized carbons (Fsp3) is 0.158. The number of benzene rings is 2. The minimum atomic E-state index is -0.513. The zero-order valence-corrected chi connectivity index (χ0v) is 15.3. The molecule has 8 heteroatoms.